The smallest absolute Gasteiger partial charge is 0.217 e. The van der Waals surface area contributed by atoms with E-state index in [0.717, 1.165) is 5.56 Å². The predicted octanol–water partition coefficient (Wildman–Crippen LogP) is 0.884. The Morgan fingerprint density at radius 3 is 2.61 bits per heavy atom. The van der Waals surface area contributed by atoms with Gasteiger partial charge in [0, 0.05) is 6.92 Å². The van der Waals surface area contributed by atoms with E-state index in [-0.39, 0.29) is 11.9 Å². The number of amides is 1. The van der Waals surface area contributed by atoms with Gasteiger partial charge in [-0.25, -0.2) is 0 Å². The van der Waals surface area contributed by atoms with E-state index in [2.05, 4.69) is 5.32 Å². The highest BCUT2D eigenvalue weighted by Crippen LogP contribution is 2.32. The van der Waals surface area contributed by atoms with Crippen LogP contribution >= 0.6 is 0 Å². The third kappa shape index (κ3) is 3.09. The molecule has 98 valence electrons. The van der Waals surface area contributed by atoms with Gasteiger partial charge in [-0.15, -0.1) is 0 Å². The largest absolute Gasteiger partial charge is 0.388 e. The average Bonchev–Trinajstić information content (AvgIpc) is 3.08. The molecular formula is C14H19NO3. The van der Waals surface area contributed by atoms with Gasteiger partial charge in [0.1, 0.15) is 11.7 Å². The van der Waals surface area contributed by atoms with E-state index < -0.39 is 11.7 Å². The summed E-state index contributed by atoms with van der Waals surface area (Å²) in [7, 11) is 0. The minimum atomic E-state index is -0.693. The molecule has 1 aromatic carbocycles. The summed E-state index contributed by atoms with van der Waals surface area (Å²) >= 11 is 0. The summed E-state index contributed by atoms with van der Waals surface area (Å²) in [5.74, 6) is -0.140. The average molecular weight is 249 g/mol. The van der Waals surface area contributed by atoms with E-state index in [1.807, 2.05) is 37.3 Å². The Morgan fingerprint density at radius 2 is 2.11 bits per heavy atom. The first-order valence-corrected chi connectivity index (χ1v) is 6.14. The van der Waals surface area contributed by atoms with Gasteiger partial charge in [-0.3, -0.25) is 4.79 Å². The van der Waals surface area contributed by atoms with Crippen LogP contribution in [-0.4, -0.2) is 35.4 Å². The number of ether oxygens (including phenoxy) is 1. The van der Waals surface area contributed by atoms with E-state index in [9.17, 15) is 9.90 Å². The molecule has 4 nitrogen and oxygen atoms in total. The molecule has 1 saturated heterocycles. The fraction of sp³-hybridized carbons (Fsp3) is 0.500. The maximum absolute atomic E-state index is 11.2. The summed E-state index contributed by atoms with van der Waals surface area (Å²) in [4.78, 5) is 11.2. The minimum absolute atomic E-state index is 0.140. The molecule has 1 fully saturated rings. The molecule has 0 unspecified atom stereocenters. The molecule has 4 heteroatoms. The Balaban J connectivity index is 2.07. The minimum Gasteiger partial charge on any atom is -0.388 e. The van der Waals surface area contributed by atoms with Gasteiger partial charge in [-0.1, -0.05) is 30.3 Å². The summed E-state index contributed by atoms with van der Waals surface area (Å²) < 4.78 is 5.26. The fourth-order valence-electron chi connectivity index (χ4n) is 2.08. The van der Waals surface area contributed by atoms with Gasteiger partial charge in [0.2, 0.25) is 5.91 Å². The van der Waals surface area contributed by atoms with Crippen molar-refractivity contribution in [3.05, 3.63) is 35.9 Å². The first-order valence-electron chi connectivity index (χ1n) is 6.14. The van der Waals surface area contributed by atoms with Gasteiger partial charge in [-0.2, -0.15) is 0 Å². The zero-order valence-electron chi connectivity index (χ0n) is 10.7. The van der Waals surface area contributed by atoms with Crippen molar-refractivity contribution in [2.75, 3.05) is 6.61 Å². The van der Waals surface area contributed by atoms with Crippen molar-refractivity contribution in [3.8, 4) is 0 Å². The molecule has 1 aliphatic heterocycles. The molecule has 0 radical (unpaired) electrons. The molecule has 2 rings (SSSR count). The van der Waals surface area contributed by atoms with Crippen LogP contribution in [0.4, 0.5) is 0 Å². The number of hydrogen-bond donors (Lipinski definition) is 2. The molecule has 1 heterocycles. The van der Waals surface area contributed by atoms with E-state index >= 15 is 0 Å². The molecule has 0 saturated carbocycles. The van der Waals surface area contributed by atoms with Crippen LogP contribution in [0, 0.1) is 0 Å². The number of aliphatic hydroxyl groups excluding tert-OH is 1. The highest BCUT2D eigenvalue weighted by atomic mass is 16.6. The van der Waals surface area contributed by atoms with Crippen LogP contribution in [0.15, 0.2) is 30.3 Å². The van der Waals surface area contributed by atoms with Gasteiger partial charge in [0.25, 0.3) is 0 Å². The standard InChI is InChI=1S/C14H19NO3/c1-10(16)15-12(13(17)14(2)9-18-14)8-11-6-4-3-5-7-11/h3-7,12-13,17H,8-9H2,1-2H3,(H,15,16)/t12-,13+,14+/m0/s1. The van der Waals surface area contributed by atoms with Gasteiger partial charge < -0.3 is 15.2 Å². The zero-order valence-corrected chi connectivity index (χ0v) is 10.7. The van der Waals surface area contributed by atoms with Crippen molar-refractivity contribution < 1.29 is 14.6 Å². The second kappa shape index (κ2) is 5.08. The molecule has 1 amide bonds. The van der Waals surface area contributed by atoms with Crippen LogP contribution in [0.25, 0.3) is 0 Å². The van der Waals surface area contributed by atoms with Crippen LogP contribution in [0.5, 0.6) is 0 Å². The molecule has 18 heavy (non-hydrogen) atoms. The van der Waals surface area contributed by atoms with E-state index in [1.165, 1.54) is 6.92 Å². The maximum Gasteiger partial charge on any atom is 0.217 e. The maximum atomic E-state index is 11.2. The van der Waals surface area contributed by atoms with Crippen molar-refractivity contribution in [3.63, 3.8) is 0 Å². The fourth-order valence-corrected chi connectivity index (χ4v) is 2.08. The predicted molar refractivity (Wildman–Crippen MR) is 68.1 cm³/mol. The number of rotatable bonds is 5. The molecule has 1 aromatic rings. The van der Waals surface area contributed by atoms with Crippen LogP contribution < -0.4 is 5.32 Å². The van der Waals surface area contributed by atoms with Crippen molar-refractivity contribution in [1.29, 1.82) is 0 Å². The van der Waals surface area contributed by atoms with E-state index in [4.69, 9.17) is 4.74 Å². The number of carbonyl (C=O) groups excluding carboxylic acids is 1. The number of hydrogen-bond acceptors (Lipinski definition) is 3. The second-order valence-electron chi connectivity index (χ2n) is 5.04. The SMILES string of the molecule is CC(=O)N[C@@H](Cc1ccccc1)[C@@H](O)[C@@]1(C)CO1. The summed E-state index contributed by atoms with van der Waals surface area (Å²) in [6.45, 7) is 3.86. The third-order valence-corrected chi connectivity index (χ3v) is 3.29. The van der Waals surface area contributed by atoms with Gasteiger partial charge in [0.15, 0.2) is 0 Å². The Hall–Kier alpha value is -1.39. The Bertz CT molecular complexity index is 414. The van der Waals surface area contributed by atoms with Crippen LogP contribution in [0.3, 0.4) is 0 Å². The van der Waals surface area contributed by atoms with E-state index in [0.29, 0.717) is 13.0 Å². The van der Waals surface area contributed by atoms with E-state index in [1.54, 1.807) is 0 Å². The Labute approximate surface area is 107 Å². The summed E-state index contributed by atoms with van der Waals surface area (Å²) in [6, 6.07) is 9.48. The molecule has 0 aliphatic carbocycles. The molecule has 3 atom stereocenters. The Kier molecular flexibility index (Phi) is 3.68. The first-order chi connectivity index (χ1) is 8.51. The van der Waals surface area contributed by atoms with Crippen LogP contribution in [-0.2, 0) is 16.0 Å². The highest BCUT2D eigenvalue weighted by molar-refractivity contribution is 5.73. The van der Waals surface area contributed by atoms with Crippen molar-refractivity contribution in [2.45, 2.75) is 38.0 Å². The lowest BCUT2D eigenvalue weighted by molar-refractivity contribution is -0.120. The van der Waals surface area contributed by atoms with Gasteiger partial charge >= 0.3 is 0 Å². The topological polar surface area (TPSA) is 61.9 Å². The number of epoxide rings is 1. The van der Waals surface area contributed by atoms with Crippen LogP contribution in [0.2, 0.25) is 0 Å². The number of carbonyl (C=O) groups is 1. The summed E-state index contributed by atoms with van der Waals surface area (Å²) in [5.41, 5.74) is 0.571. The Morgan fingerprint density at radius 1 is 1.50 bits per heavy atom. The van der Waals surface area contributed by atoms with Crippen molar-refractivity contribution >= 4 is 5.91 Å². The molecule has 0 bridgehead atoms. The highest BCUT2D eigenvalue weighted by Gasteiger charge is 2.49. The molecule has 0 aromatic heterocycles. The lowest BCUT2D eigenvalue weighted by Crippen LogP contribution is -2.49. The number of aliphatic hydroxyl groups is 1. The van der Waals surface area contributed by atoms with Crippen molar-refractivity contribution in [2.24, 2.45) is 0 Å². The molecule has 1 aliphatic rings. The number of benzene rings is 1. The second-order valence-corrected chi connectivity index (χ2v) is 5.04. The quantitative estimate of drug-likeness (QED) is 0.762. The summed E-state index contributed by atoms with van der Waals surface area (Å²) in [5, 5.41) is 13.1. The zero-order chi connectivity index (χ0) is 13.2. The normalized spacial score (nSPS) is 25.3. The lowest BCUT2D eigenvalue weighted by atomic mass is 9.93. The molecule has 0 spiro atoms. The summed E-state index contributed by atoms with van der Waals surface area (Å²) in [6.07, 6.45) is -0.0952. The van der Waals surface area contributed by atoms with Crippen LogP contribution in [0.1, 0.15) is 19.4 Å². The van der Waals surface area contributed by atoms with Gasteiger partial charge in [-0.05, 0) is 18.9 Å². The first kappa shape index (κ1) is 13.1. The van der Waals surface area contributed by atoms with Gasteiger partial charge in [0.05, 0.1) is 12.6 Å². The third-order valence-electron chi connectivity index (χ3n) is 3.29. The lowest BCUT2D eigenvalue weighted by Gasteiger charge is -2.26. The van der Waals surface area contributed by atoms with Crippen molar-refractivity contribution in [1.82, 2.24) is 5.32 Å². The molecule has 2 N–H and O–H groups in total. The molecular weight excluding hydrogens is 230 g/mol. The number of nitrogens with one attached hydrogen (secondary N) is 1. The monoisotopic (exact) mass is 249 g/mol.